The van der Waals surface area contributed by atoms with Crippen molar-refractivity contribution in [2.24, 2.45) is 5.73 Å². The van der Waals surface area contributed by atoms with Gasteiger partial charge in [-0.2, -0.15) is 0 Å². The number of nitrogens with two attached hydrogens (primary N) is 1. The Morgan fingerprint density at radius 1 is 1.39 bits per heavy atom. The van der Waals surface area contributed by atoms with Crippen LogP contribution in [0.5, 0.6) is 0 Å². The third-order valence-electron chi connectivity index (χ3n) is 3.19. The highest BCUT2D eigenvalue weighted by Gasteiger charge is 2.13. The van der Waals surface area contributed by atoms with Crippen LogP contribution in [0.25, 0.3) is 0 Å². The van der Waals surface area contributed by atoms with E-state index >= 15 is 0 Å². The fourth-order valence-corrected chi connectivity index (χ4v) is 2.61. The molecule has 1 aromatic rings. The Bertz CT molecular complexity index is 378. The number of benzene rings is 1. The molecular weight excluding hydrogens is 294 g/mol. The molecule has 18 heavy (non-hydrogen) atoms. The summed E-state index contributed by atoms with van der Waals surface area (Å²) in [6.45, 7) is 2.74. The summed E-state index contributed by atoms with van der Waals surface area (Å²) in [4.78, 5) is 0. The smallest absolute Gasteiger partial charge is 0.0808 e. The fraction of sp³-hybridized carbons (Fsp3) is 0.571. The minimum absolute atomic E-state index is 0.279. The van der Waals surface area contributed by atoms with E-state index in [1.807, 2.05) is 6.07 Å². The maximum absolute atomic E-state index is 5.73. The first-order valence-electron chi connectivity index (χ1n) is 6.46. The SMILES string of the molecule is NCc1ccc(COCC2CCCCO2)c(Br)c1. The largest absolute Gasteiger partial charge is 0.376 e. The third-order valence-corrected chi connectivity index (χ3v) is 3.93. The van der Waals surface area contributed by atoms with Gasteiger partial charge in [-0.25, -0.2) is 0 Å². The maximum atomic E-state index is 5.73. The zero-order valence-electron chi connectivity index (χ0n) is 10.5. The van der Waals surface area contributed by atoms with Crippen LogP contribution in [0.15, 0.2) is 22.7 Å². The van der Waals surface area contributed by atoms with Gasteiger partial charge in [-0.15, -0.1) is 0 Å². The van der Waals surface area contributed by atoms with E-state index in [-0.39, 0.29) is 6.10 Å². The van der Waals surface area contributed by atoms with Gasteiger partial charge in [-0.1, -0.05) is 28.1 Å². The zero-order chi connectivity index (χ0) is 12.8. The second-order valence-corrected chi connectivity index (χ2v) is 5.49. The molecule has 1 saturated heterocycles. The molecule has 3 nitrogen and oxygen atoms in total. The molecule has 0 spiro atoms. The molecule has 1 unspecified atom stereocenters. The average Bonchev–Trinajstić information content (AvgIpc) is 2.42. The Balaban J connectivity index is 1.79. The van der Waals surface area contributed by atoms with Crippen molar-refractivity contribution in [3.8, 4) is 0 Å². The highest BCUT2D eigenvalue weighted by Crippen LogP contribution is 2.20. The fourth-order valence-electron chi connectivity index (χ4n) is 2.07. The van der Waals surface area contributed by atoms with Gasteiger partial charge in [0.25, 0.3) is 0 Å². The summed E-state index contributed by atoms with van der Waals surface area (Å²) < 4.78 is 12.4. The van der Waals surface area contributed by atoms with Gasteiger partial charge in [0.05, 0.1) is 19.3 Å². The molecule has 1 aliphatic rings. The monoisotopic (exact) mass is 313 g/mol. The normalized spacial score (nSPS) is 20.0. The first-order valence-corrected chi connectivity index (χ1v) is 7.25. The number of halogens is 1. The second kappa shape index (κ2) is 7.24. The van der Waals surface area contributed by atoms with Gasteiger partial charge in [-0.3, -0.25) is 0 Å². The van der Waals surface area contributed by atoms with Crippen molar-refractivity contribution in [2.45, 2.75) is 38.5 Å². The van der Waals surface area contributed by atoms with Gasteiger partial charge >= 0.3 is 0 Å². The number of hydrogen-bond acceptors (Lipinski definition) is 3. The van der Waals surface area contributed by atoms with Crippen molar-refractivity contribution < 1.29 is 9.47 Å². The lowest BCUT2D eigenvalue weighted by Crippen LogP contribution is -2.24. The summed E-state index contributed by atoms with van der Waals surface area (Å²) in [5, 5.41) is 0. The standard InChI is InChI=1S/C14H20BrNO2/c15-14-7-11(8-16)4-5-12(14)9-17-10-13-3-1-2-6-18-13/h4-5,7,13H,1-3,6,8-10,16H2. The van der Waals surface area contributed by atoms with E-state index in [0.29, 0.717) is 19.8 Å². The molecule has 0 aliphatic carbocycles. The Kier molecular flexibility index (Phi) is 5.63. The van der Waals surface area contributed by atoms with Gasteiger partial charge in [-0.05, 0) is 36.5 Å². The Labute approximate surface area is 117 Å². The maximum Gasteiger partial charge on any atom is 0.0808 e. The molecule has 4 heteroatoms. The molecule has 1 fully saturated rings. The van der Waals surface area contributed by atoms with Crippen LogP contribution in [-0.4, -0.2) is 19.3 Å². The highest BCUT2D eigenvalue weighted by atomic mass is 79.9. The number of rotatable bonds is 5. The van der Waals surface area contributed by atoms with Crippen LogP contribution in [0.3, 0.4) is 0 Å². The van der Waals surface area contributed by atoms with Gasteiger partial charge in [0.1, 0.15) is 0 Å². The lowest BCUT2D eigenvalue weighted by atomic mass is 10.1. The molecule has 0 amide bonds. The summed E-state index contributed by atoms with van der Waals surface area (Å²) in [5.74, 6) is 0. The molecule has 1 heterocycles. The van der Waals surface area contributed by atoms with Crippen molar-refractivity contribution >= 4 is 15.9 Å². The van der Waals surface area contributed by atoms with Crippen molar-refractivity contribution in [1.29, 1.82) is 0 Å². The topological polar surface area (TPSA) is 44.5 Å². The minimum atomic E-state index is 0.279. The Morgan fingerprint density at radius 3 is 2.94 bits per heavy atom. The summed E-state index contributed by atoms with van der Waals surface area (Å²) in [5.41, 5.74) is 7.88. The quantitative estimate of drug-likeness (QED) is 0.909. The summed E-state index contributed by atoms with van der Waals surface area (Å²) in [7, 11) is 0. The van der Waals surface area contributed by atoms with Crippen molar-refractivity contribution in [1.82, 2.24) is 0 Å². The predicted molar refractivity (Wildman–Crippen MR) is 75.3 cm³/mol. The highest BCUT2D eigenvalue weighted by molar-refractivity contribution is 9.10. The number of hydrogen-bond donors (Lipinski definition) is 1. The van der Waals surface area contributed by atoms with Gasteiger partial charge in [0.2, 0.25) is 0 Å². The molecule has 0 bridgehead atoms. The Morgan fingerprint density at radius 2 is 2.28 bits per heavy atom. The lowest BCUT2D eigenvalue weighted by Gasteiger charge is -2.22. The molecule has 1 aliphatic heterocycles. The van der Waals surface area contributed by atoms with Crippen LogP contribution in [0.1, 0.15) is 30.4 Å². The molecule has 100 valence electrons. The van der Waals surface area contributed by atoms with Crippen LogP contribution < -0.4 is 5.73 Å². The molecule has 1 aromatic carbocycles. The summed E-state index contributed by atoms with van der Waals surface area (Å²) in [6.07, 6.45) is 3.83. The van der Waals surface area contributed by atoms with E-state index in [9.17, 15) is 0 Å². The first kappa shape index (κ1) is 14.0. The van der Waals surface area contributed by atoms with E-state index in [4.69, 9.17) is 15.2 Å². The van der Waals surface area contributed by atoms with Gasteiger partial charge in [0, 0.05) is 17.6 Å². The van der Waals surface area contributed by atoms with Crippen molar-refractivity contribution in [3.63, 3.8) is 0 Å². The third kappa shape index (κ3) is 4.05. The molecule has 1 atom stereocenters. The zero-order valence-corrected chi connectivity index (χ0v) is 12.1. The molecular formula is C14H20BrNO2. The van der Waals surface area contributed by atoms with E-state index in [0.717, 1.165) is 28.6 Å². The average molecular weight is 314 g/mol. The molecule has 0 radical (unpaired) electrons. The van der Waals surface area contributed by atoms with Crippen LogP contribution in [0.4, 0.5) is 0 Å². The lowest BCUT2D eigenvalue weighted by molar-refractivity contribution is -0.0448. The van der Waals surface area contributed by atoms with E-state index in [2.05, 4.69) is 28.1 Å². The predicted octanol–water partition coefficient (Wildman–Crippen LogP) is 2.99. The number of ether oxygens (including phenoxy) is 2. The van der Waals surface area contributed by atoms with Crippen molar-refractivity contribution in [2.75, 3.05) is 13.2 Å². The van der Waals surface area contributed by atoms with E-state index in [1.54, 1.807) is 0 Å². The van der Waals surface area contributed by atoms with Crippen LogP contribution >= 0.6 is 15.9 Å². The van der Waals surface area contributed by atoms with Crippen LogP contribution in [0.2, 0.25) is 0 Å². The van der Waals surface area contributed by atoms with E-state index in [1.165, 1.54) is 12.8 Å². The molecule has 0 saturated carbocycles. The van der Waals surface area contributed by atoms with E-state index < -0.39 is 0 Å². The van der Waals surface area contributed by atoms with Gasteiger partial charge in [0.15, 0.2) is 0 Å². The summed E-state index contributed by atoms with van der Waals surface area (Å²) >= 11 is 3.55. The first-order chi connectivity index (χ1) is 8.79. The molecule has 0 aromatic heterocycles. The molecule has 2 rings (SSSR count). The minimum Gasteiger partial charge on any atom is -0.376 e. The van der Waals surface area contributed by atoms with Gasteiger partial charge < -0.3 is 15.2 Å². The summed E-state index contributed by atoms with van der Waals surface area (Å²) in [6, 6.07) is 6.16. The van der Waals surface area contributed by atoms with Crippen LogP contribution in [0, 0.1) is 0 Å². The van der Waals surface area contributed by atoms with Crippen molar-refractivity contribution in [3.05, 3.63) is 33.8 Å². The molecule has 2 N–H and O–H groups in total. The Hall–Kier alpha value is -0.420. The second-order valence-electron chi connectivity index (χ2n) is 4.63. The van der Waals surface area contributed by atoms with Crippen LogP contribution in [-0.2, 0) is 22.6 Å².